The molecule has 1 heterocycles. The van der Waals surface area contributed by atoms with Gasteiger partial charge in [0.1, 0.15) is 0 Å². The highest BCUT2D eigenvalue weighted by Gasteiger charge is 2.20. The predicted octanol–water partition coefficient (Wildman–Crippen LogP) is 3.11. The van der Waals surface area contributed by atoms with Gasteiger partial charge in [0.05, 0.1) is 0 Å². The van der Waals surface area contributed by atoms with Crippen LogP contribution in [0, 0.1) is 5.92 Å². The fourth-order valence-electron chi connectivity index (χ4n) is 2.95. The van der Waals surface area contributed by atoms with Crippen LogP contribution >= 0.6 is 0 Å². The van der Waals surface area contributed by atoms with E-state index in [2.05, 4.69) is 61.4 Å². The standard InChI is InChI=1S/C17H28N2/c1-14(2)17(15-7-5-4-6-8-15)13-18-16-9-11-19(3)12-10-16/h4-8,14,16-18H,9-13H2,1-3H3. The summed E-state index contributed by atoms with van der Waals surface area (Å²) in [5, 5.41) is 3.80. The third kappa shape index (κ3) is 4.32. The van der Waals surface area contributed by atoms with E-state index >= 15 is 0 Å². The smallest absolute Gasteiger partial charge is 0.00916 e. The third-order valence-electron chi connectivity index (χ3n) is 4.38. The number of hydrogen-bond donors (Lipinski definition) is 1. The average Bonchev–Trinajstić information content (AvgIpc) is 2.42. The molecule has 1 unspecified atom stereocenters. The van der Waals surface area contributed by atoms with Crippen LogP contribution in [0.1, 0.15) is 38.2 Å². The zero-order valence-corrected chi connectivity index (χ0v) is 12.6. The fraction of sp³-hybridized carbons (Fsp3) is 0.647. The fourth-order valence-corrected chi connectivity index (χ4v) is 2.95. The van der Waals surface area contributed by atoms with Gasteiger partial charge in [-0.25, -0.2) is 0 Å². The third-order valence-corrected chi connectivity index (χ3v) is 4.38. The Hall–Kier alpha value is -0.860. The van der Waals surface area contributed by atoms with Crippen LogP contribution in [0.15, 0.2) is 30.3 Å². The first-order valence-electron chi connectivity index (χ1n) is 7.63. The molecule has 1 aromatic carbocycles. The molecule has 0 aromatic heterocycles. The molecule has 0 radical (unpaired) electrons. The van der Waals surface area contributed by atoms with Gasteiger partial charge in [-0.2, -0.15) is 0 Å². The molecule has 1 atom stereocenters. The second-order valence-electron chi connectivity index (χ2n) is 6.25. The topological polar surface area (TPSA) is 15.3 Å². The van der Waals surface area contributed by atoms with Crippen LogP contribution in [0.25, 0.3) is 0 Å². The Morgan fingerprint density at radius 1 is 1.16 bits per heavy atom. The van der Waals surface area contributed by atoms with Crippen molar-refractivity contribution in [1.82, 2.24) is 10.2 Å². The first-order valence-corrected chi connectivity index (χ1v) is 7.63. The summed E-state index contributed by atoms with van der Waals surface area (Å²) in [5.41, 5.74) is 1.47. The average molecular weight is 260 g/mol. The second kappa shape index (κ2) is 7.06. The number of nitrogens with zero attached hydrogens (tertiary/aromatic N) is 1. The quantitative estimate of drug-likeness (QED) is 0.875. The maximum absolute atomic E-state index is 3.80. The number of rotatable bonds is 5. The Morgan fingerprint density at radius 2 is 1.79 bits per heavy atom. The lowest BCUT2D eigenvalue weighted by atomic mass is 9.88. The highest BCUT2D eigenvalue weighted by molar-refractivity contribution is 5.20. The largest absolute Gasteiger partial charge is 0.313 e. The predicted molar refractivity (Wildman–Crippen MR) is 82.5 cm³/mol. The van der Waals surface area contributed by atoms with Gasteiger partial charge >= 0.3 is 0 Å². The van der Waals surface area contributed by atoms with Crippen LogP contribution in [0.3, 0.4) is 0 Å². The normalized spacial score (nSPS) is 19.8. The van der Waals surface area contributed by atoms with Gasteiger partial charge in [-0.05, 0) is 50.4 Å². The van der Waals surface area contributed by atoms with E-state index in [1.54, 1.807) is 0 Å². The first kappa shape index (κ1) is 14.5. The van der Waals surface area contributed by atoms with Crippen LogP contribution in [0.2, 0.25) is 0 Å². The molecular formula is C17H28N2. The molecule has 0 bridgehead atoms. The Morgan fingerprint density at radius 3 is 2.37 bits per heavy atom. The van der Waals surface area contributed by atoms with Crippen LogP contribution < -0.4 is 5.32 Å². The molecule has 1 aliphatic rings. The number of likely N-dealkylation sites (tertiary alicyclic amines) is 1. The molecule has 1 fully saturated rings. The van der Waals surface area contributed by atoms with Gasteiger partial charge in [0, 0.05) is 12.6 Å². The zero-order chi connectivity index (χ0) is 13.7. The SMILES string of the molecule is CC(C)C(CNC1CCN(C)CC1)c1ccccc1. The monoisotopic (exact) mass is 260 g/mol. The van der Waals surface area contributed by atoms with Gasteiger partial charge in [-0.3, -0.25) is 0 Å². The van der Waals surface area contributed by atoms with Gasteiger partial charge in [-0.15, -0.1) is 0 Å². The summed E-state index contributed by atoms with van der Waals surface area (Å²) in [6, 6.07) is 11.6. The molecule has 2 heteroatoms. The zero-order valence-electron chi connectivity index (χ0n) is 12.6. The Bertz CT molecular complexity index is 353. The lowest BCUT2D eigenvalue weighted by Crippen LogP contribution is -2.42. The van der Waals surface area contributed by atoms with Gasteiger partial charge in [0.15, 0.2) is 0 Å². The van der Waals surface area contributed by atoms with Crippen molar-refractivity contribution in [3.8, 4) is 0 Å². The van der Waals surface area contributed by atoms with E-state index in [1.807, 2.05) is 0 Å². The maximum atomic E-state index is 3.80. The van der Waals surface area contributed by atoms with E-state index < -0.39 is 0 Å². The summed E-state index contributed by atoms with van der Waals surface area (Å²) in [6.45, 7) is 8.22. The van der Waals surface area contributed by atoms with E-state index in [9.17, 15) is 0 Å². The molecule has 1 saturated heterocycles. The Labute approximate surface area is 118 Å². The molecule has 0 aliphatic carbocycles. The van der Waals surface area contributed by atoms with Crippen molar-refractivity contribution in [2.24, 2.45) is 5.92 Å². The van der Waals surface area contributed by atoms with Crippen molar-refractivity contribution in [2.75, 3.05) is 26.7 Å². The van der Waals surface area contributed by atoms with Crippen LogP contribution in [0.5, 0.6) is 0 Å². The molecular weight excluding hydrogens is 232 g/mol. The van der Waals surface area contributed by atoms with Gasteiger partial charge in [-0.1, -0.05) is 44.2 Å². The number of piperidine rings is 1. The Balaban J connectivity index is 1.88. The van der Waals surface area contributed by atoms with Crippen LogP contribution in [0.4, 0.5) is 0 Å². The van der Waals surface area contributed by atoms with Crippen molar-refractivity contribution < 1.29 is 0 Å². The maximum Gasteiger partial charge on any atom is 0.00916 e. The lowest BCUT2D eigenvalue weighted by Gasteiger charge is -2.31. The Kier molecular flexibility index (Phi) is 5.41. The van der Waals surface area contributed by atoms with E-state index in [4.69, 9.17) is 0 Å². The van der Waals surface area contributed by atoms with Crippen LogP contribution in [-0.2, 0) is 0 Å². The summed E-state index contributed by atoms with van der Waals surface area (Å²) in [4.78, 5) is 2.43. The molecule has 2 rings (SSSR count). The minimum absolute atomic E-state index is 0.626. The number of benzene rings is 1. The highest BCUT2D eigenvalue weighted by Crippen LogP contribution is 2.24. The summed E-state index contributed by atoms with van der Waals surface area (Å²) in [5.74, 6) is 1.31. The molecule has 106 valence electrons. The number of nitrogens with one attached hydrogen (secondary N) is 1. The molecule has 0 amide bonds. The van der Waals surface area contributed by atoms with Gasteiger partial charge < -0.3 is 10.2 Å². The second-order valence-corrected chi connectivity index (χ2v) is 6.25. The summed E-state index contributed by atoms with van der Waals surface area (Å²) < 4.78 is 0. The minimum Gasteiger partial charge on any atom is -0.313 e. The van der Waals surface area contributed by atoms with Crippen molar-refractivity contribution >= 4 is 0 Å². The van der Waals surface area contributed by atoms with Crippen molar-refractivity contribution in [3.05, 3.63) is 35.9 Å². The van der Waals surface area contributed by atoms with Gasteiger partial charge in [0.2, 0.25) is 0 Å². The van der Waals surface area contributed by atoms with Crippen LogP contribution in [-0.4, -0.2) is 37.6 Å². The summed E-state index contributed by atoms with van der Waals surface area (Å²) in [7, 11) is 2.22. The van der Waals surface area contributed by atoms with Crippen molar-refractivity contribution in [2.45, 2.75) is 38.6 Å². The number of hydrogen-bond acceptors (Lipinski definition) is 2. The molecule has 1 aromatic rings. The lowest BCUT2D eigenvalue weighted by molar-refractivity contribution is 0.230. The summed E-state index contributed by atoms with van der Waals surface area (Å²) >= 11 is 0. The van der Waals surface area contributed by atoms with Crippen molar-refractivity contribution in [1.29, 1.82) is 0 Å². The molecule has 1 aliphatic heterocycles. The van der Waals surface area contributed by atoms with E-state index in [1.165, 1.54) is 31.5 Å². The molecule has 0 spiro atoms. The first-order chi connectivity index (χ1) is 9.16. The minimum atomic E-state index is 0.626. The molecule has 2 nitrogen and oxygen atoms in total. The van der Waals surface area contributed by atoms with E-state index in [-0.39, 0.29) is 0 Å². The van der Waals surface area contributed by atoms with Crippen molar-refractivity contribution in [3.63, 3.8) is 0 Å². The van der Waals surface area contributed by atoms with Gasteiger partial charge in [0.25, 0.3) is 0 Å². The summed E-state index contributed by atoms with van der Waals surface area (Å²) in [6.07, 6.45) is 2.58. The molecule has 1 N–H and O–H groups in total. The highest BCUT2D eigenvalue weighted by atomic mass is 15.1. The van der Waals surface area contributed by atoms with E-state index in [0.29, 0.717) is 17.9 Å². The molecule has 19 heavy (non-hydrogen) atoms. The molecule has 0 saturated carbocycles. The van der Waals surface area contributed by atoms with E-state index in [0.717, 1.165) is 6.54 Å².